The van der Waals surface area contributed by atoms with Crippen LogP contribution in [0.3, 0.4) is 0 Å². The summed E-state index contributed by atoms with van der Waals surface area (Å²) in [5.41, 5.74) is 12.1. The molecular formula is C40H46N4O7. The number of aliphatic hydroxyl groups excluding tert-OH is 1. The maximum atomic E-state index is 12.9. The lowest BCUT2D eigenvalue weighted by Crippen LogP contribution is -2.30. The monoisotopic (exact) mass is 694 g/mol. The molecule has 0 radical (unpaired) electrons. The number of nitrogens with zero attached hydrogens (tertiary/aromatic N) is 3. The third-order valence-electron chi connectivity index (χ3n) is 11.1. The number of carbonyl (C=O) groups is 3. The number of ether oxygens (including phenoxy) is 3. The Morgan fingerprint density at radius 3 is 2.04 bits per heavy atom. The normalized spacial score (nSPS) is 23.8. The lowest BCUT2D eigenvalue weighted by molar-refractivity contribution is -0.159. The Morgan fingerprint density at radius 1 is 0.882 bits per heavy atom. The van der Waals surface area contributed by atoms with Crippen molar-refractivity contribution in [3.05, 3.63) is 91.5 Å². The van der Waals surface area contributed by atoms with Crippen molar-refractivity contribution in [2.45, 2.75) is 80.1 Å². The first-order valence-electron chi connectivity index (χ1n) is 17.5. The zero-order chi connectivity index (χ0) is 36.9. The molecule has 2 atom stereocenters. The summed E-state index contributed by atoms with van der Waals surface area (Å²) in [7, 11) is 3.82. The van der Waals surface area contributed by atoms with Crippen LogP contribution in [0.4, 0.5) is 0 Å². The van der Waals surface area contributed by atoms with Gasteiger partial charge >= 0.3 is 17.9 Å². The number of methoxy groups -OCH3 is 3. The van der Waals surface area contributed by atoms with Crippen LogP contribution in [0.2, 0.25) is 0 Å². The zero-order valence-corrected chi connectivity index (χ0v) is 30.9. The number of rotatable bonds is 9. The molecule has 11 heteroatoms. The molecule has 2 N–H and O–H groups in total. The van der Waals surface area contributed by atoms with Crippen LogP contribution in [0.15, 0.2) is 106 Å². The van der Waals surface area contributed by atoms with Gasteiger partial charge in [0.2, 0.25) is 0 Å². The minimum atomic E-state index is -1.28. The van der Waals surface area contributed by atoms with Crippen LogP contribution in [-0.2, 0) is 28.6 Å². The molecule has 6 aliphatic rings. The first kappa shape index (κ1) is 35.8. The van der Waals surface area contributed by atoms with Gasteiger partial charge < -0.3 is 24.6 Å². The lowest BCUT2D eigenvalue weighted by Gasteiger charge is -2.24. The Bertz CT molecular complexity index is 1990. The molecule has 1 fully saturated rings. The highest BCUT2D eigenvalue weighted by Crippen LogP contribution is 2.51. The van der Waals surface area contributed by atoms with Gasteiger partial charge in [-0.25, -0.2) is 15.0 Å². The van der Waals surface area contributed by atoms with Crippen LogP contribution in [0.25, 0.3) is 0 Å². The number of esters is 3. The summed E-state index contributed by atoms with van der Waals surface area (Å²) < 4.78 is 15.0. The number of allylic oxidation sites excluding steroid dienone is 12. The molecule has 8 bridgehead atoms. The minimum absolute atomic E-state index is 0.0220. The average Bonchev–Trinajstić information content (AvgIpc) is 3.86. The Labute approximate surface area is 298 Å². The van der Waals surface area contributed by atoms with Crippen molar-refractivity contribution >= 4 is 35.0 Å². The van der Waals surface area contributed by atoms with E-state index >= 15 is 0 Å². The summed E-state index contributed by atoms with van der Waals surface area (Å²) in [6, 6.07) is 0. The lowest BCUT2D eigenvalue weighted by atomic mass is 9.79. The van der Waals surface area contributed by atoms with Crippen LogP contribution < -0.4 is 5.32 Å². The van der Waals surface area contributed by atoms with E-state index in [1.165, 1.54) is 21.3 Å². The molecule has 0 saturated carbocycles. The van der Waals surface area contributed by atoms with Crippen molar-refractivity contribution in [2.75, 3.05) is 21.3 Å². The molecule has 0 amide bonds. The predicted octanol–water partition coefficient (Wildman–Crippen LogP) is 6.74. The standard InChI is InChI=1S/C40H46N4O7/c1-10-22-19(3)26-15-29-23(11-2)20(4)28(42-29)17-32-40(6,13-12-33(45)49-7)18-31(43-32)35-24(14-25(38(47)50-8)39(48)51-9)37(46)34-21(5)27(44-36(34)35)16-30(22)41-26/h15-17,24-25,43,46H,10-14,18H2,1-9H3/t24?,40-/m1/s1. The quantitative estimate of drug-likeness (QED) is 0.153. The molecule has 6 rings (SSSR count). The van der Waals surface area contributed by atoms with Crippen molar-refractivity contribution in [3.63, 3.8) is 0 Å². The molecule has 51 heavy (non-hydrogen) atoms. The van der Waals surface area contributed by atoms with Gasteiger partial charge in [-0.3, -0.25) is 14.4 Å². The highest BCUT2D eigenvalue weighted by Gasteiger charge is 2.48. The number of nitrogens with one attached hydrogen (secondary N) is 1. The molecule has 0 aromatic rings. The number of aliphatic hydroxyl groups is 1. The number of aliphatic imine (C=N–C) groups is 3. The Kier molecular flexibility index (Phi) is 9.52. The molecule has 5 heterocycles. The molecule has 1 aliphatic carbocycles. The summed E-state index contributed by atoms with van der Waals surface area (Å²) in [5, 5.41) is 15.7. The maximum absolute atomic E-state index is 12.9. The van der Waals surface area contributed by atoms with Gasteiger partial charge in [0.25, 0.3) is 0 Å². The van der Waals surface area contributed by atoms with E-state index in [2.05, 4.69) is 52.1 Å². The van der Waals surface area contributed by atoms with Crippen molar-refractivity contribution in [3.8, 4) is 0 Å². The summed E-state index contributed by atoms with van der Waals surface area (Å²) >= 11 is 0. The van der Waals surface area contributed by atoms with Gasteiger partial charge in [0, 0.05) is 40.3 Å². The van der Waals surface area contributed by atoms with Gasteiger partial charge in [-0.1, -0.05) is 20.8 Å². The van der Waals surface area contributed by atoms with E-state index in [1.807, 2.05) is 13.0 Å². The fourth-order valence-electron chi connectivity index (χ4n) is 8.07. The van der Waals surface area contributed by atoms with Gasteiger partial charge in [0.05, 0.1) is 55.6 Å². The molecule has 11 nitrogen and oxygen atoms in total. The summed E-state index contributed by atoms with van der Waals surface area (Å²) in [5.74, 6) is -3.84. The average molecular weight is 695 g/mol. The first-order chi connectivity index (χ1) is 24.3. The maximum Gasteiger partial charge on any atom is 0.320 e. The highest BCUT2D eigenvalue weighted by atomic mass is 16.5. The molecule has 268 valence electrons. The fraction of sp³-hybridized carbons (Fsp3) is 0.450. The van der Waals surface area contributed by atoms with E-state index in [0.29, 0.717) is 35.4 Å². The van der Waals surface area contributed by atoms with Crippen LogP contribution in [0, 0.1) is 17.3 Å². The SMILES string of the molecule is CCC1=C(C)C2=NC1=CC1=C(C)C3=C(O)C(CC(C(=O)OC)C(=O)OC)C(=C4C[C@@](C)(CCC(=O)OC)C(=CC5=NC(=C2)C(CC)=C5C)N4)C3=N1. The van der Waals surface area contributed by atoms with Crippen molar-refractivity contribution in [1.29, 1.82) is 0 Å². The smallest absolute Gasteiger partial charge is 0.320 e. The molecule has 1 unspecified atom stereocenters. The second-order valence-corrected chi connectivity index (χ2v) is 14.0. The Morgan fingerprint density at radius 2 is 1.47 bits per heavy atom. The van der Waals surface area contributed by atoms with Crippen LogP contribution >= 0.6 is 0 Å². The predicted molar refractivity (Wildman–Crippen MR) is 195 cm³/mol. The molecule has 0 spiro atoms. The molecule has 5 aliphatic heterocycles. The number of fused-ring (bicyclic) bond motifs is 5. The van der Waals surface area contributed by atoms with Gasteiger partial charge in [-0.15, -0.1) is 0 Å². The van der Waals surface area contributed by atoms with Crippen LogP contribution in [0.5, 0.6) is 0 Å². The van der Waals surface area contributed by atoms with Crippen molar-refractivity contribution in [2.24, 2.45) is 32.2 Å². The molecule has 0 aromatic carbocycles. The highest BCUT2D eigenvalue weighted by molar-refractivity contribution is 6.22. The van der Waals surface area contributed by atoms with Gasteiger partial charge in [-0.05, 0) is 99.0 Å². The molecular weight excluding hydrogens is 648 g/mol. The van der Waals surface area contributed by atoms with Crippen LogP contribution in [0.1, 0.15) is 80.1 Å². The minimum Gasteiger partial charge on any atom is -0.511 e. The largest absolute Gasteiger partial charge is 0.511 e. The third kappa shape index (κ3) is 5.96. The van der Waals surface area contributed by atoms with E-state index in [-0.39, 0.29) is 24.6 Å². The fourth-order valence-corrected chi connectivity index (χ4v) is 8.07. The van der Waals surface area contributed by atoms with E-state index in [0.717, 1.165) is 74.9 Å². The first-order valence-corrected chi connectivity index (χ1v) is 17.5. The second kappa shape index (κ2) is 13.6. The van der Waals surface area contributed by atoms with E-state index in [4.69, 9.17) is 29.2 Å². The zero-order valence-electron chi connectivity index (χ0n) is 30.9. The van der Waals surface area contributed by atoms with Crippen molar-refractivity contribution < 1.29 is 33.7 Å². The Hall–Kier alpha value is -5.06. The summed E-state index contributed by atoms with van der Waals surface area (Å²) in [6.45, 7) is 12.4. The van der Waals surface area contributed by atoms with Crippen LogP contribution in [-0.4, -0.2) is 61.5 Å². The summed E-state index contributed by atoms with van der Waals surface area (Å²) in [4.78, 5) is 53.7. The second-order valence-electron chi connectivity index (χ2n) is 14.0. The topological polar surface area (TPSA) is 148 Å². The summed E-state index contributed by atoms with van der Waals surface area (Å²) in [6.07, 6.45) is 8.70. The number of hydrogen-bond acceptors (Lipinski definition) is 11. The Balaban J connectivity index is 1.63. The van der Waals surface area contributed by atoms with Gasteiger partial charge in [0.15, 0.2) is 5.92 Å². The van der Waals surface area contributed by atoms with E-state index < -0.39 is 29.2 Å². The molecule has 1 saturated heterocycles. The van der Waals surface area contributed by atoms with Gasteiger partial charge in [0.1, 0.15) is 5.76 Å². The van der Waals surface area contributed by atoms with E-state index in [1.54, 1.807) is 0 Å². The molecule has 0 aromatic heterocycles. The third-order valence-corrected chi connectivity index (χ3v) is 11.1. The van der Waals surface area contributed by atoms with E-state index in [9.17, 15) is 19.5 Å². The number of hydrogen-bond donors (Lipinski definition) is 2. The number of carbonyl (C=O) groups excluding carboxylic acids is 3. The van der Waals surface area contributed by atoms with Gasteiger partial charge in [-0.2, -0.15) is 0 Å². The van der Waals surface area contributed by atoms with Crippen molar-refractivity contribution in [1.82, 2.24) is 5.32 Å².